The van der Waals surface area contributed by atoms with Crippen molar-refractivity contribution in [1.82, 2.24) is 4.98 Å². The second kappa shape index (κ2) is 6.62. The van der Waals surface area contributed by atoms with Crippen molar-refractivity contribution < 1.29 is 9.21 Å². The fraction of sp³-hybridized carbons (Fsp3) is 0.0800. The van der Waals surface area contributed by atoms with Crippen LogP contribution >= 0.6 is 11.3 Å². The molecule has 6 rings (SSSR count). The largest absolute Gasteiger partial charge is 0.450 e. The van der Waals surface area contributed by atoms with Crippen molar-refractivity contribution in [2.75, 3.05) is 4.90 Å². The van der Waals surface area contributed by atoms with Crippen molar-refractivity contribution in [2.24, 2.45) is 0 Å². The molecule has 1 amide bonds. The van der Waals surface area contributed by atoms with Gasteiger partial charge in [-0.3, -0.25) is 14.5 Å². The highest BCUT2D eigenvalue weighted by Crippen LogP contribution is 2.43. The lowest BCUT2D eigenvalue weighted by Gasteiger charge is -2.22. The zero-order chi connectivity index (χ0) is 21.1. The Morgan fingerprint density at radius 2 is 1.68 bits per heavy atom. The molecule has 0 radical (unpaired) electrons. The first kappa shape index (κ1) is 18.0. The van der Waals surface area contributed by atoms with Crippen molar-refractivity contribution >= 4 is 43.6 Å². The lowest BCUT2D eigenvalue weighted by Crippen LogP contribution is -2.29. The molecule has 150 valence electrons. The molecule has 6 heteroatoms. The summed E-state index contributed by atoms with van der Waals surface area (Å²) in [5.74, 6) is -0.254. The lowest BCUT2D eigenvalue weighted by atomic mass is 9.98. The average molecular weight is 424 g/mol. The molecule has 2 aromatic heterocycles. The first-order valence-corrected chi connectivity index (χ1v) is 10.7. The van der Waals surface area contributed by atoms with E-state index in [1.54, 1.807) is 29.2 Å². The maximum Gasteiger partial charge on any atom is 0.297 e. The molecule has 31 heavy (non-hydrogen) atoms. The van der Waals surface area contributed by atoms with Gasteiger partial charge in [0.05, 0.1) is 27.2 Å². The molecule has 0 unspecified atom stereocenters. The summed E-state index contributed by atoms with van der Waals surface area (Å²) in [6, 6.07) is 22.1. The van der Waals surface area contributed by atoms with Crippen molar-refractivity contribution in [3.8, 4) is 0 Å². The number of fused-ring (bicyclic) bond motifs is 3. The highest BCUT2D eigenvalue weighted by Gasteiger charge is 2.44. The first-order valence-electron chi connectivity index (χ1n) is 9.93. The van der Waals surface area contributed by atoms with E-state index in [4.69, 9.17) is 9.40 Å². The molecular weight excluding hydrogens is 408 g/mol. The van der Waals surface area contributed by atoms with Gasteiger partial charge >= 0.3 is 0 Å². The molecule has 0 saturated heterocycles. The molecule has 1 aliphatic rings. The Morgan fingerprint density at radius 1 is 0.935 bits per heavy atom. The molecule has 0 saturated carbocycles. The van der Waals surface area contributed by atoms with Gasteiger partial charge in [0.25, 0.3) is 5.91 Å². The third kappa shape index (κ3) is 2.65. The van der Waals surface area contributed by atoms with Gasteiger partial charge in [0, 0.05) is 0 Å². The van der Waals surface area contributed by atoms with Crippen molar-refractivity contribution in [1.29, 1.82) is 0 Å². The summed E-state index contributed by atoms with van der Waals surface area (Å²) in [4.78, 5) is 33.4. The van der Waals surface area contributed by atoms with Crippen LogP contribution in [0.25, 0.3) is 21.2 Å². The van der Waals surface area contributed by atoms with Gasteiger partial charge in [-0.05, 0) is 36.8 Å². The van der Waals surface area contributed by atoms with Crippen molar-refractivity contribution in [2.45, 2.75) is 13.0 Å². The number of rotatable bonds is 2. The van der Waals surface area contributed by atoms with Crippen LogP contribution in [0, 0.1) is 6.92 Å². The number of nitrogens with zero attached hydrogens (tertiary/aromatic N) is 2. The molecule has 5 aromatic rings. The summed E-state index contributed by atoms with van der Waals surface area (Å²) in [5.41, 5.74) is 3.36. The molecule has 0 spiro atoms. The molecule has 3 heterocycles. The van der Waals surface area contributed by atoms with E-state index in [2.05, 4.69) is 0 Å². The number of aryl methyl sites for hydroxylation is 1. The Bertz CT molecular complexity index is 1520. The number of thiazole rings is 1. The third-order valence-electron chi connectivity index (χ3n) is 5.66. The molecular formula is C25H16N2O3S. The number of carbonyl (C=O) groups excluding carboxylic acids is 1. The van der Waals surface area contributed by atoms with E-state index in [9.17, 15) is 9.59 Å². The minimum atomic E-state index is -0.593. The molecule has 1 aliphatic heterocycles. The average Bonchev–Trinajstić information content (AvgIpc) is 3.33. The smallest absolute Gasteiger partial charge is 0.297 e. The number of hydrogen-bond acceptors (Lipinski definition) is 5. The van der Waals surface area contributed by atoms with Crippen LogP contribution in [-0.4, -0.2) is 10.9 Å². The van der Waals surface area contributed by atoms with Gasteiger partial charge < -0.3 is 4.42 Å². The normalized spacial score (nSPS) is 15.7. The molecule has 1 atom stereocenters. The molecule has 0 fully saturated rings. The van der Waals surface area contributed by atoms with E-state index in [0.717, 1.165) is 21.3 Å². The summed E-state index contributed by atoms with van der Waals surface area (Å²) < 4.78 is 6.96. The monoisotopic (exact) mass is 424 g/mol. The van der Waals surface area contributed by atoms with Crippen molar-refractivity contribution in [3.05, 3.63) is 105 Å². The zero-order valence-corrected chi connectivity index (χ0v) is 17.3. The van der Waals surface area contributed by atoms with Gasteiger partial charge in [-0.25, -0.2) is 4.98 Å². The number of aromatic nitrogens is 1. The fourth-order valence-electron chi connectivity index (χ4n) is 4.14. The molecule has 3 aromatic carbocycles. The van der Waals surface area contributed by atoms with Crippen LogP contribution in [0.3, 0.4) is 0 Å². The fourth-order valence-corrected chi connectivity index (χ4v) is 5.14. The predicted octanol–water partition coefficient (Wildman–Crippen LogP) is 5.46. The van der Waals surface area contributed by atoms with Crippen LogP contribution in [0.1, 0.15) is 33.3 Å². The van der Waals surface area contributed by atoms with Crippen molar-refractivity contribution in [3.63, 3.8) is 0 Å². The predicted molar refractivity (Wildman–Crippen MR) is 122 cm³/mol. The molecule has 5 nitrogen and oxygen atoms in total. The Kier molecular flexibility index (Phi) is 3.85. The molecule has 0 aliphatic carbocycles. The zero-order valence-electron chi connectivity index (χ0n) is 16.5. The van der Waals surface area contributed by atoms with E-state index >= 15 is 0 Å². The van der Waals surface area contributed by atoms with Gasteiger partial charge in [0.1, 0.15) is 5.58 Å². The van der Waals surface area contributed by atoms with Gasteiger partial charge in [-0.1, -0.05) is 65.4 Å². The van der Waals surface area contributed by atoms with Crippen LogP contribution in [0.4, 0.5) is 5.13 Å². The number of anilines is 1. The Hall–Kier alpha value is -3.77. The number of carbonyl (C=O) groups is 1. The number of amides is 1. The van der Waals surface area contributed by atoms with Gasteiger partial charge in [0.2, 0.25) is 5.76 Å². The van der Waals surface area contributed by atoms with Gasteiger partial charge in [0.15, 0.2) is 10.6 Å². The van der Waals surface area contributed by atoms with Crippen LogP contribution in [0.15, 0.2) is 82.0 Å². The SMILES string of the molecule is Cc1ccc([C@@H]2c3c(oc4ccccc4c3=O)C(=O)N2c2nc3ccccc3s2)cc1. The van der Waals surface area contributed by atoms with Crippen LogP contribution in [-0.2, 0) is 0 Å². The quantitative estimate of drug-likeness (QED) is 0.377. The Balaban J connectivity index is 1.65. The van der Waals surface area contributed by atoms with Crippen LogP contribution in [0.5, 0.6) is 0 Å². The third-order valence-corrected chi connectivity index (χ3v) is 6.70. The minimum Gasteiger partial charge on any atom is -0.450 e. The molecule has 0 bridgehead atoms. The Labute approximate surface area is 181 Å². The number of benzene rings is 3. The Morgan fingerprint density at radius 3 is 2.48 bits per heavy atom. The maximum absolute atomic E-state index is 13.6. The van der Waals surface area contributed by atoms with E-state index < -0.39 is 6.04 Å². The minimum absolute atomic E-state index is 0.0912. The standard InChI is InChI=1S/C25H16N2O3S/c1-14-10-12-15(13-11-14)21-20-22(28)16-6-2-4-8-18(16)30-23(20)24(29)27(21)25-26-17-7-3-5-9-19(17)31-25/h2-13,21H,1H3/t21-/m1/s1. The summed E-state index contributed by atoms with van der Waals surface area (Å²) in [6.45, 7) is 2.00. The first-order chi connectivity index (χ1) is 15.1. The highest BCUT2D eigenvalue weighted by molar-refractivity contribution is 7.22. The number of hydrogen-bond donors (Lipinski definition) is 0. The summed E-state index contributed by atoms with van der Waals surface area (Å²) in [5, 5.41) is 1.02. The molecule has 0 N–H and O–H groups in total. The second-order valence-corrected chi connectivity index (χ2v) is 8.63. The maximum atomic E-state index is 13.6. The van der Waals surface area contributed by atoms with Crippen LogP contribution < -0.4 is 10.3 Å². The van der Waals surface area contributed by atoms with Gasteiger partial charge in [-0.15, -0.1) is 0 Å². The van der Waals surface area contributed by atoms with E-state index in [-0.39, 0.29) is 17.1 Å². The summed E-state index contributed by atoms with van der Waals surface area (Å²) in [7, 11) is 0. The van der Waals surface area contributed by atoms with E-state index in [1.165, 1.54) is 11.3 Å². The second-order valence-electron chi connectivity index (χ2n) is 7.62. The van der Waals surface area contributed by atoms with Crippen LogP contribution in [0.2, 0.25) is 0 Å². The number of para-hydroxylation sites is 2. The highest BCUT2D eigenvalue weighted by atomic mass is 32.1. The van der Waals surface area contributed by atoms with E-state index in [0.29, 0.717) is 21.7 Å². The summed E-state index contributed by atoms with van der Waals surface area (Å²) in [6.07, 6.45) is 0. The van der Waals surface area contributed by atoms with E-state index in [1.807, 2.05) is 55.5 Å². The van der Waals surface area contributed by atoms with Gasteiger partial charge in [-0.2, -0.15) is 0 Å². The topological polar surface area (TPSA) is 63.4 Å². The lowest BCUT2D eigenvalue weighted by molar-refractivity contribution is 0.0971. The summed E-state index contributed by atoms with van der Waals surface area (Å²) >= 11 is 1.43.